The van der Waals surface area contributed by atoms with Crippen LogP contribution in [0.25, 0.3) is 0 Å². The molecule has 74 heavy (non-hydrogen) atoms. The molecule has 4 aromatic rings. The number of carbonyl (C=O) groups excluding carboxylic acids is 2. The van der Waals surface area contributed by atoms with Gasteiger partial charge in [0.15, 0.2) is 46.0 Å². The predicted molar refractivity (Wildman–Crippen MR) is 277 cm³/mol. The SMILES string of the molecule is COc1cc(C[C@@H]2c3c(cc(OC)c(OC)c3OC)CC[N@@+]2(C)CCCOC(=O)CCC(=O)OCCC[N@+]2(C)CCc3cc(OC)c(OC)c(OC)c3[C@@H]2Cc2cc(OC)c(OC)c(OC)c2)cc(OC)c1OC. The van der Waals surface area contributed by atoms with Crippen molar-refractivity contribution in [3.8, 4) is 69.0 Å². The molecule has 406 valence electrons. The maximum absolute atomic E-state index is 13.1. The molecule has 6 rings (SSSR count). The molecule has 18 nitrogen and oxygen atoms in total. The van der Waals surface area contributed by atoms with E-state index in [2.05, 4.69) is 14.1 Å². The second-order valence-corrected chi connectivity index (χ2v) is 18.9. The number of quaternary nitrogens is 2. The van der Waals surface area contributed by atoms with Crippen molar-refractivity contribution >= 4 is 11.9 Å². The zero-order chi connectivity index (χ0) is 53.7. The van der Waals surface area contributed by atoms with Crippen LogP contribution in [-0.2, 0) is 44.7 Å². The number of benzene rings is 4. The van der Waals surface area contributed by atoms with Crippen LogP contribution in [-0.4, -0.2) is 160 Å². The Hall–Kier alpha value is -6.66. The van der Waals surface area contributed by atoms with Crippen LogP contribution >= 0.6 is 0 Å². The summed E-state index contributed by atoms with van der Waals surface area (Å²) < 4.78 is 82.2. The molecule has 2 aliphatic rings. The van der Waals surface area contributed by atoms with E-state index < -0.39 is 11.9 Å². The van der Waals surface area contributed by atoms with E-state index in [-0.39, 0.29) is 38.1 Å². The molecular weight excluding hydrogens is 957 g/mol. The molecule has 4 atom stereocenters. The number of carbonyl (C=O) groups is 2. The van der Waals surface area contributed by atoms with Crippen LogP contribution in [0.4, 0.5) is 0 Å². The van der Waals surface area contributed by atoms with Crippen LogP contribution in [0.5, 0.6) is 69.0 Å². The van der Waals surface area contributed by atoms with E-state index in [1.807, 2.05) is 36.4 Å². The van der Waals surface area contributed by atoms with Crippen molar-refractivity contribution in [2.75, 3.05) is 139 Å². The predicted octanol–water partition coefficient (Wildman–Crippen LogP) is 7.71. The van der Waals surface area contributed by atoms with Gasteiger partial charge in [-0.1, -0.05) is 0 Å². The summed E-state index contributed by atoms with van der Waals surface area (Å²) >= 11 is 0. The van der Waals surface area contributed by atoms with Crippen molar-refractivity contribution in [1.82, 2.24) is 0 Å². The van der Waals surface area contributed by atoms with Crippen LogP contribution < -0.4 is 56.8 Å². The summed E-state index contributed by atoms with van der Waals surface area (Å²) in [6.45, 7) is 3.35. The Balaban J connectivity index is 1.08. The minimum Gasteiger partial charge on any atom is -0.493 e. The molecule has 4 aromatic carbocycles. The van der Waals surface area contributed by atoms with E-state index >= 15 is 0 Å². The van der Waals surface area contributed by atoms with Crippen LogP contribution in [0.2, 0.25) is 0 Å². The first-order valence-electron chi connectivity index (χ1n) is 24.9. The molecule has 18 heteroatoms. The monoisotopic (exact) mass is 1030 g/mol. The summed E-state index contributed by atoms with van der Waals surface area (Å²) in [6.07, 6.45) is 3.69. The van der Waals surface area contributed by atoms with E-state index in [0.717, 1.165) is 59.3 Å². The fraction of sp³-hybridized carbons (Fsp3) is 0.536. The molecule has 0 amide bonds. The Labute approximate surface area is 436 Å². The highest BCUT2D eigenvalue weighted by molar-refractivity contribution is 5.77. The normalized spacial score (nSPS) is 18.7. The van der Waals surface area contributed by atoms with Gasteiger partial charge in [0, 0.05) is 38.5 Å². The Bertz CT molecular complexity index is 2360. The molecule has 0 N–H and O–H groups in total. The Morgan fingerprint density at radius 3 is 1.00 bits per heavy atom. The van der Waals surface area contributed by atoms with Gasteiger partial charge in [-0.15, -0.1) is 0 Å². The molecule has 0 fully saturated rings. The zero-order valence-corrected chi connectivity index (χ0v) is 45.9. The first-order chi connectivity index (χ1) is 35.7. The smallest absolute Gasteiger partial charge is 0.306 e. The summed E-state index contributed by atoms with van der Waals surface area (Å²) in [5, 5.41) is 0. The molecule has 0 saturated carbocycles. The van der Waals surface area contributed by atoms with Gasteiger partial charge in [0.1, 0.15) is 12.1 Å². The summed E-state index contributed by atoms with van der Waals surface area (Å²) in [7, 11) is 23.7. The topological polar surface area (TPSA) is 163 Å². The third-order valence-electron chi connectivity index (χ3n) is 14.9. The van der Waals surface area contributed by atoms with Gasteiger partial charge in [-0.05, 0) is 58.7 Å². The average molecular weight is 1040 g/mol. The summed E-state index contributed by atoms with van der Waals surface area (Å²) in [5.74, 6) is 5.85. The van der Waals surface area contributed by atoms with Crippen molar-refractivity contribution in [2.45, 2.75) is 63.5 Å². The number of hydrogen-bond donors (Lipinski definition) is 0. The Kier molecular flexibility index (Phi) is 19.5. The molecule has 0 spiro atoms. The lowest BCUT2D eigenvalue weighted by Crippen LogP contribution is -2.53. The summed E-state index contributed by atoms with van der Waals surface area (Å²) in [6, 6.07) is 11.7. The number of esters is 2. The van der Waals surface area contributed by atoms with Crippen molar-refractivity contribution in [2.24, 2.45) is 0 Å². The lowest BCUT2D eigenvalue weighted by molar-refractivity contribution is -0.941. The van der Waals surface area contributed by atoms with E-state index in [0.29, 0.717) is 117 Å². The lowest BCUT2D eigenvalue weighted by Gasteiger charge is -2.46. The summed E-state index contributed by atoms with van der Waals surface area (Å²) in [5.41, 5.74) is 6.22. The fourth-order valence-corrected chi connectivity index (χ4v) is 11.0. The van der Waals surface area contributed by atoms with E-state index in [4.69, 9.17) is 66.3 Å². The summed E-state index contributed by atoms with van der Waals surface area (Å²) in [4.78, 5) is 26.2. The van der Waals surface area contributed by atoms with Crippen LogP contribution in [0.1, 0.15) is 71.1 Å². The highest BCUT2D eigenvalue weighted by Gasteiger charge is 2.45. The minimum atomic E-state index is -0.457. The Morgan fingerprint density at radius 2 is 0.716 bits per heavy atom. The number of rotatable bonds is 27. The quantitative estimate of drug-likeness (QED) is 0.0324. The van der Waals surface area contributed by atoms with Gasteiger partial charge in [0.2, 0.25) is 23.0 Å². The molecule has 0 radical (unpaired) electrons. The number of fused-ring (bicyclic) bond motifs is 2. The number of ether oxygens (including phenoxy) is 14. The van der Waals surface area contributed by atoms with E-state index in [1.165, 1.54) is 0 Å². The fourth-order valence-electron chi connectivity index (χ4n) is 11.0. The first-order valence-corrected chi connectivity index (χ1v) is 24.9. The number of hydrogen-bond acceptors (Lipinski definition) is 16. The third kappa shape index (κ3) is 12.0. The van der Waals surface area contributed by atoms with Gasteiger partial charge in [-0.2, -0.15) is 0 Å². The van der Waals surface area contributed by atoms with Gasteiger partial charge in [-0.25, -0.2) is 0 Å². The highest BCUT2D eigenvalue weighted by Crippen LogP contribution is 2.53. The zero-order valence-electron chi connectivity index (χ0n) is 45.9. The maximum atomic E-state index is 13.1. The molecule has 2 aliphatic heterocycles. The van der Waals surface area contributed by atoms with E-state index in [9.17, 15) is 9.59 Å². The van der Waals surface area contributed by atoms with Crippen molar-refractivity contribution < 1.29 is 84.9 Å². The molecule has 0 aromatic heterocycles. The van der Waals surface area contributed by atoms with Gasteiger partial charge >= 0.3 is 11.9 Å². The van der Waals surface area contributed by atoms with Gasteiger partial charge < -0.3 is 75.3 Å². The lowest BCUT2D eigenvalue weighted by atomic mass is 9.85. The van der Waals surface area contributed by atoms with Gasteiger partial charge in [0.05, 0.1) is 163 Å². The van der Waals surface area contributed by atoms with Crippen LogP contribution in [0, 0.1) is 0 Å². The van der Waals surface area contributed by atoms with Gasteiger partial charge in [-0.3, -0.25) is 9.59 Å². The number of methoxy groups -OCH3 is 12. The average Bonchev–Trinajstić information content (AvgIpc) is 3.42. The molecule has 0 unspecified atom stereocenters. The largest absolute Gasteiger partial charge is 0.493 e. The standard InChI is InChI=1S/C56H78N2O16/c1-57(23-19-37-33-45(65-7)53(69-11)55(71-13)49(37)39(57)27-35-29-41(61-3)51(67-9)42(30-35)62-4)21-15-25-73-47(59)17-18-48(60)74-26-16-22-58(2)24-20-38-34-46(66-8)54(70-12)56(72-14)50(38)40(58)28-36-31-43(63-5)52(68-10)44(32-36)64-6/h29-34,39-40H,15-28H2,1-14H3/q+2/t39-,40+,57-,58-/m1/s1. The Morgan fingerprint density at radius 1 is 0.419 bits per heavy atom. The van der Waals surface area contributed by atoms with Crippen molar-refractivity contribution in [3.05, 3.63) is 69.8 Å². The number of likely N-dealkylation sites (N-methyl/N-ethyl adjacent to an activating group) is 2. The molecule has 0 saturated heterocycles. The minimum absolute atomic E-state index is 0.0898. The third-order valence-corrected chi connectivity index (χ3v) is 14.9. The highest BCUT2D eigenvalue weighted by atomic mass is 16.6. The number of nitrogens with zero attached hydrogens (tertiary/aromatic N) is 2. The molecule has 0 bridgehead atoms. The van der Waals surface area contributed by atoms with Crippen molar-refractivity contribution in [1.29, 1.82) is 0 Å². The van der Waals surface area contributed by atoms with Gasteiger partial charge in [0.25, 0.3) is 0 Å². The molecule has 0 aliphatic carbocycles. The first kappa shape index (κ1) is 56.6. The second-order valence-electron chi connectivity index (χ2n) is 18.9. The molecular formula is C56H78N2O16+2. The van der Waals surface area contributed by atoms with Crippen molar-refractivity contribution in [3.63, 3.8) is 0 Å². The molecule has 2 heterocycles. The van der Waals surface area contributed by atoms with Crippen LogP contribution in [0.3, 0.4) is 0 Å². The van der Waals surface area contributed by atoms with E-state index in [1.54, 1.807) is 85.3 Å². The maximum Gasteiger partial charge on any atom is 0.306 e. The van der Waals surface area contributed by atoms with Crippen LogP contribution in [0.15, 0.2) is 36.4 Å². The second kappa shape index (κ2) is 25.5.